The van der Waals surface area contributed by atoms with Gasteiger partial charge in [0, 0.05) is 39.8 Å². The molecule has 0 aliphatic heterocycles. The normalized spacial score (nSPS) is 10.7. The molecule has 0 saturated carbocycles. The topological polar surface area (TPSA) is 59.6 Å². The van der Waals surface area contributed by atoms with Gasteiger partial charge in [0.15, 0.2) is 6.29 Å². The van der Waals surface area contributed by atoms with Crippen LogP contribution < -0.4 is 10.6 Å². The summed E-state index contributed by atoms with van der Waals surface area (Å²) in [6.45, 7) is 6.35. The molecule has 1 amide bonds. The maximum absolute atomic E-state index is 10.9. The molecule has 0 aromatic rings. The van der Waals surface area contributed by atoms with Gasteiger partial charge < -0.3 is 20.1 Å². The van der Waals surface area contributed by atoms with E-state index < -0.39 is 0 Å². The molecular weight excluding hydrogens is 196 g/mol. The second-order valence-electron chi connectivity index (χ2n) is 2.97. The maximum Gasteiger partial charge on any atom is 0.221 e. The van der Waals surface area contributed by atoms with Gasteiger partial charge in [-0.15, -0.1) is 0 Å². The molecule has 0 saturated heterocycles. The van der Waals surface area contributed by atoms with Crippen molar-refractivity contribution in [2.24, 2.45) is 0 Å². The van der Waals surface area contributed by atoms with Crippen LogP contribution in [0.25, 0.3) is 0 Å². The fraction of sp³-hybridized carbons (Fsp3) is 0.900. The predicted molar refractivity (Wildman–Crippen MR) is 58.6 cm³/mol. The van der Waals surface area contributed by atoms with Crippen molar-refractivity contribution in [2.75, 3.05) is 33.4 Å². The van der Waals surface area contributed by atoms with Crippen LogP contribution in [0.4, 0.5) is 0 Å². The third kappa shape index (κ3) is 8.35. The summed E-state index contributed by atoms with van der Waals surface area (Å²) in [5.74, 6) is 0.0341. The molecule has 0 fully saturated rings. The van der Waals surface area contributed by atoms with Crippen molar-refractivity contribution in [3.05, 3.63) is 0 Å². The van der Waals surface area contributed by atoms with E-state index in [1.54, 1.807) is 7.05 Å². The highest BCUT2D eigenvalue weighted by atomic mass is 16.7. The van der Waals surface area contributed by atoms with E-state index in [1.165, 1.54) is 0 Å². The Kier molecular flexibility index (Phi) is 9.46. The first kappa shape index (κ1) is 14.3. The Morgan fingerprint density at radius 1 is 1.27 bits per heavy atom. The van der Waals surface area contributed by atoms with Crippen molar-refractivity contribution in [1.29, 1.82) is 0 Å². The maximum atomic E-state index is 10.9. The first-order chi connectivity index (χ1) is 7.24. The van der Waals surface area contributed by atoms with Crippen LogP contribution in [-0.4, -0.2) is 45.5 Å². The summed E-state index contributed by atoms with van der Waals surface area (Å²) in [4.78, 5) is 10.9. The molecule has 0 spiro atoms. The Hall–Kier alpha value is -0.650. The zero-order valence-corrected chi connectivity index (χ0v) is 9.84. The van der Waals surface area contributed by atoms with Crippen molar-refractivity contribution in [1.82, 2.24) is 10.6 Å². The van der Waals surface area contributed by atoms with Gasteiger partial charge in [0.2, 0.25) is 5.91 Å². The largest absolute Gasteiger partial charge is 0.359 e. The number of amides is 1. The van der Waals surface area contributed by atoms with Gasteiger partial charge in [0.1, 0.15) is 0 Å². The number of hydrogen-bond donors (Lipinski definition) is 2. The number of hydrogen-bond acceptors (Lipinski definition) is 4. The summed E-state index contributed by atoms with van der Waals surface area (Å²) in [6.07, 6.45) is 0.256. The van der Waals surface area contributed by atoms with Gasteiger partial charge >= 0.3 is 0 Å². The first-order valence-corrected chi connectivity index (χ1v) is 5.39. The molecule has 0 heterocycles. The summed E-state index contributed by atoms with van der Waals surface area (Å²) >= 11 is 0. The Labute approximate surface area is 91.5 Å². The van der Waals surface area contributed by atoms with E-state index in [0.29, 0.717) is 32.7 Å². The molecule has 5 nitrogen and oxygen atoms in total. The number of nitrogens with one attached hydrogen (secondary N) is 2. The van der Waals surface area contributed by atoms with Crippen LogP contribution in [0, 0.1) is 0 Å². The SMILES string of the molecule is CCOC(CNCCC(=O)NC)OCC. The standard InChI is InChI=1S/C10H22N2O3/c1-4-14-10(15-5-2)8-12-7-6-9(13)11-3/h10,12H,4-8H2,1-3H3,(H,11,13). The van der Waals surface area contributed by atoms with Crippen LogP contribution in [0.2, 0.25) is 0 Å². The Bertz CT molecular complexity index is 159. The zero-order valence-electron chi connectivity index (χ0n) is 9.84. The van der Waals surface area contributed by atoms with E-state index in [-0.39, 0.29) is 12.2 Å². The van der Waals surface area contributed by atoms with E-state index in [4.69, 9.17) is 9.47 Å². The highest BCUT2D eigenvalue weighted by Crippen LogP contribution is 1.93. The third-order valence-electron chi connectivity index (χ3n) is 1.82. The van der Waals surface area contributed by atoms with Crippen molar-refractivity contribution in [2.45, 2.75) is 26.6 Å². The molecule has 0 radical (unpaired) electrons. The Morgan fingerprint density at radius 3 is 2.33 bits per heavy atom. The summed E-state index contributed by atoms with van der Waals surface area (Å²) < 4.78 is 10.7. The van der Waals surface area contributed by atoms with E-state index >= 15 is 0 Å². The summed E-state index contributed by atoms with van der Waals surface area (Å²) in [5.41, 5.74) is 0. The van der Waals surface area contributed by atoms with Crippen LogP contribution in [0.1, 0.15) is 20.3 Å². The molecular formula is C10H22N2O3. The molecule has 0 unspecified atom stereocenters. The fourth-order valence-electron chi connectivity index (χ4n) is 1.08. The third-order valence-corrected chi connectivity index (χ3v) is 1.82. The van der Waals surface area contributed by atoms with Crippen molar-refractivity contribution >= 4 is 5.91 Å². The summed E-state index contributed by atoms with van der Waals surface area (Å²) in [5, 5.41) is 5.67. The molecule has 5 heteroatoms. The van der Waals surface area contributed by atoms with Crippen LogP contribution in [0.15, 0.2) is 0 Å². The summed E-state index contributed by atoms with van der Waals surface area (Å²) in [6, 6.07) is 0. The average Bonchev–Trinajstić information content (AvgIpc) is 2.24. The lowest BCUT2D eigenvalue weighted by Crippen LogP contribution is -2.33. The number of ether oxygens (including phenoxy) is 2. The van der Waals surface area contributed by atoms with Gasteiger partial charge in [0.25, 0.3) is 0 Å². The van der Waals surface area contributed by atoms with E-state index in [9.17, 15) is 4.79 Å². The van der Waals surface area contributed by atoms with Crippen molar-refractivity contribution in [3.8, 4) is 0 Å². The van der Waals surface area contributed by atoms with Crippen molar-refractivity contribution in [3.63, 3.8) is 0 Å². The van der Waals surface area contributed by atoms with E-state index in [0.717, 1.165) is 0 Å². The molecule has 0 aromatic heterocycles. The zero-order chi connectivity index (χ0) is 11.5. The summed E-state index contributed by atoms with van der Waals surface area (Å²) in [7, 11) is 1.63. The van der Waals surface area contributed by atoms with Crippen LogP contribution in [0.5, 0.6) is 0 Å². The highest BCUT2D eigenvalue weighted by molar-refractivity contribution is 5.75. The Morgan fingerprint density at radius 2 is 1.87 bits per heavy atom. The number of carbonyl (C=O) groups excluding carboxylic acids is 1. The monoisotopic (exact) mass is 218 g/mol. The highest BCUT2D eigenvalue weighted by Gasteiger charge is 2.06. The Balaban J connectivity index is 3.48. The molecule has 0 aliphatic rings. The van der Waals surface area contributed by atoms with Gasteiger partial charge in [-0.25, -0.2) is 0 Å². The van der Waals surface area contributed by atoms with Crippen LogP contribution in [-0.2, 0) is 14.3 Å². The molecule has 0 rings (SSSR count). The molecule has 90 valence electrons. The number of rotatable bonds is 9. The van der Waals surface area contributed by atoms with Crippen LogP contribution >= 0.6 is 0 Å². The van der Waals surface area contributed by atoms with Crippen LogP contribution in [0.3, 0.4) is 0 Å². The molecule has 2 N–H and O–H groups in total. The minimum Gasteiger partial charge on any atom is -0.359 e. The smallest absolute Gasteiger partial charge is 0.221 e. The molecule has 0 aromatic carbocycles. The first-order valence-electron chi connectivity index (χ1n) is 5.39. The lowest BCUT2D eigenvalue weighted by molar-refractivity contribution is -0.133. The lowest BCUT2D eigenvalue weighted by atomic mass is 10.4. The van der Waals surface area contributed by atoms with Gasteiger partial charge in [-0.1, -0.05) is 0 Å². The fourth-order valence-corrected chi connectivity index (χ4v) is 1.08. The van der Waals surface area contributed by atoms with E-state index in [2.05, 4.69) is 10.6 Å². The molecule has 0 bridgehead atoms. The predicted octanol–water partition coefficient (Wildman–Crippen LogP) is 0.111. The lowest BCUT2D eigenvalue weighted by Gasteiger charge is -2.17. The minimum absolute atomic E-state index is 0.0341. The quantitative estimate of drug-likeness (QED) is 0.426. The second kappa shape index (κ2) is 9.89. The molecule has 0 aliphatic carbocycles. The molecule has 0 atom stereocenters. The van der Waals surface area contributed by atoms with Gasteiger partial charge in [-0.05, 0) is 13.8 Å². The van der Waals surface area contributed by atoms with Gasteiger partial charge in [-0.2, -0.15) is 0 Å². The minimum atomic E-state index is -0.218. The molecule has 15 heavy (non-hydrogen) atoms. The average molecular weight is 218 g/mol. The number of carbonyl (C=O) groups is 1. The van der Waals surface area contributed by atoms with Gasteiger partial charge in [-0.3, -0.25) is 4.79 Å². The van der Waals surface area contributed by atoms with E-state index in [1.807, 2.05) is 13.8 Å². The van der Waals surface area contributed by atoms with Crippen molar-refractivity contribution < 1.29 is 14.3 Å². The second-order valence-corrected chi connectivity index (χ2v) is 2.97. The van der Waals surface area contributed by atoms with Gasteiger partial charge in [0.05, 0.1) is 0 Å².